The Hall–Kier alpha value is -0.0800. The van der Waals surface area contributed by atoms with Crippen LogP contribution >= 0.6 is 0 Å². The molecule has 0 aromatic carbocycles. The van der Waals surface area contributed by atoms with Gasteiger partial charge in [-0.15, -0.1) is 0 Å². The molecule has 1 fully saturated rings. The SMILES string of the molecule is CNCC(C)(C)CC1CCOCC1. The molecule has 1 aliphatic rings. The maximum Gasteiger partial charge on any atom is 0.0468 e. The van der Waals surface area contributed by atoms with E-state index in [0.29, 0.717) is 5.41 Å². The molecule has 0 amide bonds. The van der Waals surface area contributed by atoms with Crippen LogP contribution in [0.4, 0.5) is 0 Å². The van der Waals surface area contributed by atoms with Gasteiger partial charge in [0.05, 0.1) is 0 Å². The smallest absolute Gasteiger partial charge is 0.0468 e. The van der Waals surface area contributed by atoms with Crippen LogP contribution in [0.3, 0.4) is 0 Å². The van der Waals surface area contributed by atoms with E-state index in [9.17, 15) is 0 Å². The number of ether oxygens (including phenoxy) is 1. The zero-order valence-corrected chi connectivity index (χ0v) is 9.23. The number of hydrogen-bond donors (Lipinski definition) is 1. The molecule has 13 heavy (non-hydrogen) atoms. The van der Waals surface area contributed by atoms with Crippen LogP contribution in [0.25, 0.3) is 0 Å². The highest BCUT2D eigenvalue weighted by Gasteiger charge is 2.24. The maximum atomic E-state index is 5.36. The molecule has 0 aliphatic carbocycles. The average Bonchev–Trinajstić information content (AvgIpc) is 2.04. The second-order valence-electron chi connectivity index (χ2n) is 4.95. The lowest BCUT2D eigenvalue weighted by atomic mass is 9.80. The Kier molecular flexibility index (Phi) is 4.20. The fraction of sp³-hybridized carbons (Fsp3) is 1.00. The van der Waals surface area contributed by atoms with Crippen LogP contribution in [-0.2, 0) is 4.74 Å². The highest BCUT2D eigenvalue weighted by Crippen LogP contribution is 2.30. The zero-order valence-electron chi connectivity index (χ0n) is 9.23. The third-order valence-corrected chi connectivity index (χ3v) is 2.84. The van der Waals surface area contributed by atoms with Gasteiger partial charge in [0.25, 0.3) is 0 Å². The molecule has 78 valence electrons. The molecule has 1 N–H and O–H groups in total. The molecule has 0 radical (unpaired) electrons. The molecule has 2 heteroatoms. The molecular weight excluding hydrogens is 162 g/mol. The van der Waals surface area contributed by atoms with Gasteiger partial charge in [-0.25, -0.2) is 0 Å². The van der Waals surface area contributed by atoms with Gasteiger partial charge in [0, 0.05) is 13.2 Å². The summed E-state index contributed by atoms with van der Waals surface area (Å²) in [6.45, 7) is 7.75. The number of nitrogens with one attached hydrogen (secondary N) is 1. The Morgan fingerprint density at radius 2 is 1.92 bits per heavy atom. The highest BCUT2D eigenvalue weighted by molar-refractivity contribution is 4.76. The fourth-order valence-electron chi connectivity index (χ4n) is 2.28. The minimum atomic E-state index is 0.441. The summed E-state index contributed by atoms with van der Waals surface area (Å²) in [5, 5.41) is 3.27. The van der Waals surface area contributed by atoms with Gasteiger partial charge in [-0.1, -0.05) is 13.8 Å². The van der Waals surface area contributed by atoms with Crippen molar-refractivity contribution in [2.75, 3.05) is 26.8 Å². The predicted octanol–water partition coefficient (Wildman–Crippen LogP) is 2.05. The van der Waals surface area contributed by atoms with Crippen molar-refractivity contribution in [1.29, 1.82) is 0 Å². The normalized spacial score (nSPS) is 20.5. The van der Waals surface area contributed by atoms with E-state index in [4.69, 9.17) is 4.74 Å². The molecule has 0 saturated carbocycles. The lowest BCUT2D eigenvalue weighted by Gasteiger charge is -2.31. The van der Waals surface area contributed by atoms with Crippen molar-refractivity contribution in [3.8, 4) is 0 Å². The largest absolute Gasteiger partial charge is 0.381 e. The molecule has 1 heterocycles. The first kappa shape index (κ1) is 11.0. The van der Waals surface area contributed by atoms with Gasteiger partial charge >= 0.3 is 0 Å². The summed E-state index contributed by atoms with van der Waals surface area (Å²) in [6, 6.07) is 0. The van der Waals surface area contributed by atoms with E-state index in [1.54, 1.807) is 0 Å². The summed E-state index contributed by atoms with van der Waals surface area (Å²) in [7, 11) is 2.03. The Balaban J connectivity index is 2.28. The first-order valence-corrected chi connectivity index (χ1v) is 5.36. The topological polar surface area (TPSA) is 21.3 Å². The predicted molar refractivity (Wildman–Crippen MR) is 55.9 cm³/mol. The van der Waals surface area contributed by atoms with E-state index in [1.165, 1.54) is 19.3 Å². The van der Waals surface area contributed by atoms with E-state index in [2.05, 4.69) is 19.2 Å². The van der Waals surface area contributed by atoms with E-state index < -0.39 is 0 Å². The van der Waals surface area contributed by atoms with Crippen molar-refractivity contribution >= 4 is 0 Å². The average molecular weight is 185 g/mol. The minimum absolute atomic E-state index is 0.441. The molecule has 0 spiro atoms. The minimum Gasteiger partial charge on any atom is -0.381 e. The molecule has 0 bridgehead atoms. The molecule has 0 aromatic rings. The number of hydrogen-bond acceptors (Lipinski definition) is 2. The monoisotopic (exact) mass is 185 g/mol. The van der Waals surface area contributed by atoms with Crippen molar-refractivity contribution in [3.05, 3.63) is 0 Å². The maximum absolute atomic E-state index is 5.36. The molecule has 0 atom stereocenters. The summed E-state index contributed by atoms with van der Waals surface area (Å²) >= 11 is 0. The van der Waals surface area contributed by atoms with Crippen LogP contribution in [0.2, 0.25) is 0 Å². The van der Waals surface area contributed by atoms with E-state index in [1.807, 2.05) is 7.05 Å². The lowest BCUT2D eigenvalue weighted by Crippen LogP contribution is -2.30. The standard InChI is InChI=1S/C11H23NO/c1-11(2,9-12-3)8-10-4-6-13-7-5-10/h10,12H,4-9H2,1-3H3. The number of rotatable bonds is 4. The zero-order chi connectivity index (χ0) is 9.73. The van der Waals surface area contributed by atoms with Crippen molar-refractivity contribution in [2.24, 2.45) is 11.3 Å². The van der Waals surface area contributed by atoms with Crippen LogP contribution in [0, 0.1) is 11.3 Å². The van der Waals surface area contributed by atoms with Crippen LogP contribution in [0.1, 0.15) is 33.1 Å². The van der Waals surface area contributed by atoms with Crippen molar-refractivity contribution in [3.63, 3.8) is 0 Å². The van der Waals surface area contributed by atoms with E-state index in [0.717, 1.165) is 25.7 Å². The van der Waals surface area contributed by atoms with Crippen LogP contribution in [0.5, 0.6) is 0 Å². The summed E-state index contributed by atoms with van der Waals surface area (Å²) in [5.41, 5.74) is 0.441. The second-order valence-corrected chi connectivity index (χ2v) is 4.95. The third kappa shape index (κ3) is 4.10. The summed E-state index contributed by atoms with van der Waals surface area (Å²) in [4.78, 5) is 0. The Morgan fingerprint density at radius 1 is 1.31 bits per heavy atom. The van der Waals surface area contributed by atoms with E-state index >= 15 is 0 Å². The van der Waals surface area contributed by atoms with Crippen LogP contribution in [-0.4, -0.2) is 26.8 Å². The second kappa shape index (κ2) is 4.97. The Morgan fingerprint density at radius 3 is 2.46 bits per heavy atom. The van der Waals surface area contributed by atoms with Crippen molar-refractivity contribution in [2.45, 2.75) is 33.1 Å². The third-order valence-electron chi connectivity index (χ3n) is 2.84. The highest BCUT2D eigenvalue weighted by atomic mass is 16.5. The van der Waals surface area contributed by atoms with Gasteiger partial charge in [-0.2, -0.15) is 0 Å². The van der Waals surface area contributed by atoms with Crippen LogP contribution < -0.4 is 5.32 Å². The van der Waals surface area contributed by atoms with Gasteiger partial charge in [-0.3, -0.25) is 0 Å². The van der Waals surface area contributed by atoms with Gasteiger partial charge in [0.1, 0.15) is 0 Å². The summed E-state index contributed by atoms with van der Waals surface area (Å²) in [5.74, 6) is 0.886. The first-order chi connectivity index (χ1) is 6.14. The quantitative estimate of drug-likeness (QED) is 0.724. The van der Waals surface area contributed by atoms with Crippen molar-refractivity contribution < 1.29 is 4.74 Å². The Bertz CT molecular complexity index is 139. The molecule has 1 rings (SSSR count). The molecule has 2 nitrogen and oxygen atoms in total. The van der Waals surface area contributed by atoms with Gasteiger partial charge in [-0.05, 0) is 44.2 Å². The fourth-order valence-corrected chi connectivity index (χ4v) is 2.28. The Labute approximate surface area is 82.0 Å². The lowest BCUT2D eigenvalue weighted by molar-refractivity contribution is 0.0514. The van der Waals surface area contributed by atoms with Gasteiger partial charge in [0.2, 0.25) is 0 Å². The molecule has 0 aromatic heterocycles. The van der Waals surface area contributed by atoms with Gasteiger partial charge < -0.3 is 10.1 Å². The molecule has 1 aliphatic heterocycles. The molecule has 0 unspecified atom stereocenters. The van der Waals surface area contributed by atoms with Crippen molar-refractivity contribution in [1.82, 2.24) is 5.32 Å². The van der Waals surface area contributed by atoms with E-state index in [-0.39, 0.29) is 0 Å². The molecular formula is C11H23NO. The summed E-state index contributed by atoms with van der Waals surface area (Å²) < 4.78 is 5.36. The first-order valence-electron chi connectivity index (χ1n) is 5.36. The molecule has 1 saturated heterocycles. The van der Waals surface area contributed by atoms with Gasteiger partial charge in [0.15, 0.2) is 0 Å². The summed E-state index contributed by atoms with van der Waals surface area (Å²) in [6.07, 6.45) is 3.84. The van der Waals surface area contributed by atoms with Crippen LogP contribution in [0.15, 0.2) is 0 Å².